The normalized spacial score (nSPS) is 13.5. The molecule has 4 rings (SSSR count). The maximum Gasteiger partial charge on any atom is 0.265 e. The van der Waals surface area contributed by atoms with E-state index in [1.54, 1.807) is 37.6 Å². The first-order valence-corrected chi connectivity index (χ1v) is 10.2. The van der Waals surface area contributed by atoms with Crippen LogP contribution in [0.2, 0.25) is 0 Å². The van der Waals surface area contributed by atoms with Crippen LogP contribution in [0, 0.1) is 0 Å². The van der Waals surface area contributed by atoms with Gasteiger partial charge in [-0.15, -0.1) is 0 Å². The lowest BCUT2D eigenvalue weighted by Gasteiger charge is -2.18. The van der Waals surface area contributed by atoms with Crippen LogP contribution >= 0.6 is 0 Å². The minimum atomic E-state index is -3.85. The quantitative estimate of drug-likeness (QED) is 0.665. The van der Waals surface area contributed by atoms with Crippen molar-refractivity contribution in [3.8, 4) is 5.75 Å². The highest BCUT2D eigenvalue weighted by atomic mass is 32.2. The van der Waals surface area contributed by atoms with Crippen molar-refractivity contribution < 1.29 is 17.9 Å². The van der Waals surface area contributed by atoms with Gasteiger partial charge in [0.15, 0.2) is 11.6 Å². The molecule has 1 aliphatic rings. The van der Waals surface area contributed by atoms with Gasteiger partial charge < -0.3 is 4.74 Å². The second-order valence-corrected chi connectivity index (χ2v) is 8.30. The summed E-state index contributed by atoms with van der Waals surface area (Å²) in [5.74, 6) is 0.700. The summed E-state index contributed by atoms with van der Waals surface area (Å²) >= 11 is 0. The minimum Gasteiger partial charge on any atom is -0.497 e. The maximum atomic E-state index is 13.0. The molecule has 142 valence electrons. The van der Waals surface area contributed by atoms with E-state index >= 15 is 0 Å². The molecule has 6 nitrogen and oxygen atoms in total. The Morgan fingerprint density at radius 2 is 1.75 bits per heavy atom. The first-order chi connectivity index (χ1) is 13.5. The summed E-state index contributed by atoms with van der Waals surface area (Å²) in [7, 11) is -2.25. The van der Waals surface area contributed by atoms with Gasteiger partial charge >= 0.3 is 0 Å². The molecule has 0 saturated carbocycles. The zero-order chi connectivity index (χ0) is 19.7. The molecule has 0 aliphatic carbocycles. The van der Waals surface area contributed by atoms with E-state index in [4.69, 9.17) is 4.74 Å². The number of anilines is 1. The van der Waals surface area contributed by atoms with Gasteiger partial charge in [-0.25, -0.2) is 17.7 Å². The van der Waals surface area contributed by atoms with Gasteiger partial charge in [-0.1, -0.05) is 30.3 Å². The third-order valence-electron chi connectivity index (χ3n) is 4.70. The van der Waals surface area contributed by atoms with Gasteiger partial charge in [-0.3, -0.25) is 4.79 Å². The van der Waals surface area contributed by atoms with E-state index in [9.17, 15) is 13.2 Å². The molecule has 2 heterocycles. The van der Waals surface area contributed by atoms with Crippen molar-refractivity contribution in [3.63, 3.8) is 0 Å². The standard InChI is InChI=1S/C21H18N2O4S/c1-27-17-9-7-15(8-10-17)13-16-11-12-22-21-20(16)19(24)14-23(21)28(25,26)18-5-3-2-4-6-18/h2-12H,13-14H2,1H3. The number of hydrogen-bond donors (Lipinski definition) is 0. The van der Waals surface area contributed by atoms with Crippen LogP contribution in [0.3, 0.4) is 0 Å². The second-order valence-electron chi connectivity index (χ2n) is 6.44. The van der Waals surface area contributed by atoms with Crippen LogP contribution in [0.1, 0.15) is 21.5 Å². The zero-order valence-electron chi connectivity index (χ0n) is 15.2. The number of methoxy groups -OCH3 is 1. The number of ketones is 1. The van der Waals surface area contributed by atoms with Gasteiger partial charge in [0, 0.05) is 6.20 Å². The summed E-state index contributed by atoms with van der Waals surface area (Å²) in [5, 5.41) is 0. The van der Waals surface area contributed by atoms with Crippen LogP contribution in [-0.4, -0.2) is 32.8 Å². The van der Waals surface area contributed by atoms with Gasteiger partial charge in [0.1, 0.15) is 5.75 Å². The number of pyridine rings is 1. The molecular weight excluding hydrogens is 376 g/mol. The molecule has 1 aliphatic heterocycles. The molecule has 0 atom stereocenters. The largest absolute Gasteiger partial charge is 0.497 e. The lowest BCUT2D eigenvalue weighted by molar-refractivity contribution is 0.101. The smallest absolute Gasteiger partial charge is 0.265 e. The predicted octanol–water partition coefficient (Wildman–Crippen LogP) is 3.07. The molecule has 0 spiro atoms. The Labute approximate surface area is 163 Å². The monoisotopic (exact) mass is 394 g/mol. The van der Waals surface area contributed by atoms with Crippen molar-refractivity contribution in [1.29, 1.82) is 0 Å². The number of rotatable bonds is 5. The molecular formula is C21H18N2O4S. The van der Waals surface area contributed by atoms with E-state index in [0.717, 1.165) is 21.2 Å². The Kier molecular flexibility index (Phi) is 4.60. The fraction of sp³-hybridized carbons (Fsp3) is 0.143. The number of carbonyl (C=O) groups is 1. The topological polar surface area (TPSA) is 76.6 Å². The minimum absolute atomic E-state index is 0.137. The molecule has 2 aromatic carbocycles. The van der Waals surface area contributed by atoms with Crippen molar-refractivity contribution in [1.82, 2.24) is 4.98 Å². The number of hydrogen-bond acceptors (Lipinski definition) is 5. The van der Waals surface area contributed by atoms with Crippen molar-refractivity contribution in [2.75, 3.05) is 18.0 Å². The Hall–Kier alpha value is -3.19. The van der Waals surface area contributed by atoms with Crippen molar-refractivity contribution in [2.24, 2.45) is 0 Å². The van der Waals surface area contributed by atoms with Gasteiger partial charge in [0.05, 0.1) is 24.1 Å². The molecule has 0 radical (unpaired) electrons. The summed E-state index contributed by atoms with van der Waals surface area (Å²) in [6.45, 7) is -0.237. The number of fused-ring (bicyclic) bond motifs is 1. The number of nitrogens with zero attached hydrogens (tertiary/aromatic N) is 2. The van der Waals surface area contributed by atoms with Crippen molar-refractivity contribution in [3.05, 3.63) is 83.6 Å². The van der Waals surface area contributed by atoms with Crippen LogP contribution in [-0.2, 0) is 16.4 Å². The van der Waals surface area contributed by atoms with Gasteiger partial charge in [0.25, 0.3) is 10.0 Å². The number of carbonyl (C=O) groups excluding carboxylic acids is 1. The summed E-state index contributed by atoms with van der Waals surface area (Å²) in [6.07, 6.45) is 2.05. The van der Waals surface area contributed by atoms with Crippen molar-refractivity contribution >= 4 is 21.6 Å². The van der Waals surface area contributed by atoms with E-state index in [1.165, 1.54) is 12.1 Å². The molecule has 3 aromatic rings. The average Bonchev–Trinajstić information content (AvgIpc) is 3.08. The third kappa shape index (κ3) is 3.14. The molecule has 7 heteroatoms. The number of benzene rings is 2. The summed E-state index contributed by atoms with van der Waals surface area (Å²) in [6, 6.07) is 17.4. The molecule has 0 N–H and O–H groups in total. The predicted molar refractivity (Wildman–Crippen MR) is 105 cm³/mol. The Morgan fingerprint density at radius 1 is 1.04 bits per heavy atom. The third-order valence-corrected chi connectivity index (χ3v) is 6.45. The van der Waals surface area contributed by atoms with Gasteiger partial charge in [0.2, 0.25) is 0 Å². The highest BCUT2D eigenvalue weighted by molar-refractivity contribution is 7.93. The SMILES string of the molecule is COc1ccc(Cc2ccnc3c2C(=O)CN3S(=O)(=O)c2ccccc2)cc1. The van der Waals surface area contributed by atoms with E-state index in [2.05, 4.69) is 4.98 Å². The molecule has 28 heavy (non-hydrogen) atoms. The van der Waals surface area contributed by atoms with E-state index in [1.807, 2.05) is 24.3 Å². The van der Waals surface area contributed by atoms with Crippen LogP contribution in [0.4, 0.5) is 5.82 Å². The first kappa shape index (κ1) is 18.2. The summed E-state index contributed by atoms with van der Waals surface area (Å²) < 4.78 is 32.3. The Morgan fingerprint density at radius 3 is 2.43 bits per heavy atom. The fourth-order valence-electron chi connectivity index (χ4n) is 3.30. The molecule has 0 saturated heterocycles. The van der Waals surface area contributed by atoms with Gasteiger partial charge in [-0.05, 0) is 47.9 Å². The number of Topliss-reactive ketones (excluding diaryl/α,β-unsaturated/α-hetero) is 1. The lowest BCUT2D eigenvalue weighted by atomic mass is 10.00. The van der Waals surface area contributed by atoms with Gasteiger partial charge in [-0.2, -0.15) is 0 Å². The van der Waals surface area contributed by atoms with Crippen LogP contribution < -0.4 is 9.04 Å². The highest BCUT2D eigenvalue weighted by Gasteiger charge is 2.38. The zero-order valence-corrected chi connectivity index (χ0v) is 16.0. The van der Waals surface area contributed by atoms with E-state index < -0.39 is 10.0 Å². The number of sulfonamides is 1. The first-order valence-electron chi connectivity index (χ1n) is 8.72. The molecule has 0 unspecified atom stereocenters. The molecule has 1 aromatic heterocycles. The van der Waals surface area contributed by atoms with Crippen LogP contribution in [0.15, 0.2) is 71.8 Å². The second kappa shape index (κ2) is 7.09. The van der Waals surface area contributed by atoms with Crippen molar-refractivity contribution in [2.45, 2.75) is 11.3 Å². The lowest BCUT2D eigenvalue weighted by Crippen LogP contribution is -2.30. The number of ether oxygens (including phenoxy) is 1. The van der Waals surface area contributed by atoms with Crippen LogP contribution in [0.25, 0.3) is 0 Å². The molecule has 0 bridgehead atoms. The van der Waals surface area contributed by atoms with E-state index in [0.29, 0.717) is 12.0 Å². The fourth-order valence-corrected chi connectivity index (χ4v) is 4.70. The van der Waals surface area contributed by atoms with E-state index in [-0.39, 0.29) is 23.0 Å². The summed E-state index contributed by atoms with van der Waals surface area (Å²) in [5.41, 5.74) is 2.12. The Balaban J connectivity index is 1.72. The maximum absolute atomic E-state index is 13.0. The number of aromatic nitrogens is 1. The summed E-state index contributed by atoms with van der Waals surface area (Å²) in [4.78, 5) is 17.1. The molecule has 0 amide bonds. The Bertz CT molecular complexity index is 1130. The molecule has 0 fully saturated rings. The average molecular weight is 394 g/mol. The highest BCUT2D eigenvalue weighted by Crippen LogP contribution is 2.34. The van der Waals surface area contributed by atoms with Crippen LogP contribution in [0.5, 0.6) is 5.75 Å².